The van der Waals surface area contributed by atoms with Crippen LogP contribution in [0.25, 0.3) is 0 Å². The molecule has 0 aliphatic rings. The first-order chi connectivity index (χ1) is 14.0. The van der Waals surface area contributed by atoms with E-state index in [9.17, 15) is 4.39 Å². The van der Waals surface area contributed by atoms with Crippen LogP contribution in [0.2, 0.25) is 0 Å². The molecule has 0 saturated carbocycles. The molecule has 7 nitrogen and oxygen atoms in total. The molecule has 0 fully saturated rings. The minimum Gasteiger partial charge on any atom is -0.444 e. The molecule has 0 aliphatic heterocycles. The van der Waals surface area contributed by atoms with E-state index in [0.717, 1.165) is 23.6 Å². The van der Waals surface area contributed by atoms with Gasteiger partial charge in [0.2, 0.25) is 11.8 Å². The Hall–Kier alpha value is -3.42. The smallest absolute Gasteiger partial charge is 0.219 e. The van der Waals surface area contributed by atoms with Crippen LogP contribution in [-0.2, 0) is 13.1 Å². The number of guanidine groups is 1. The predicted octanol–water partition coefficient (Wildman–Crippen LogP) is 3.87. The van der Waals surface area contributed by atoms with E-state index >= 15 is 0 Å². The van der Waals surface area contributed by atoms with Crippen molar-refractivity contribution >= 4 is 5.96 Å². The van der Waals surface area contributed by atoms with Crippen molar-refractivity contribution in [2.24, 2.45) is 4.99 Å². The summed E-state index contributed by atoms with van der Waals surface area (Å²) in [5, 5.41) is 6.40. The molecule has 0 spiro atoms. The second-order valence-corrected chi connectivity index (χ2v) is 6.36. The maximum atomic E-state index is 13.0. The van der Waals surface area contributed by atoms with Crippen LogP contribution in [0.15, 0.2) is 52.0 Å². The molecule has 0 unspecified atom stereocenters. The van der Waals surface area contributed by atoms with Crippen molar-refractivity contribution in [1.29, 1.82) is 0 Å². The third-order valence-corrected chi connectivity index (χ3v) is 4.08. The molecule has 8 heteroatoms. The highest BCUT2D eigenvalue weighted by atomic mass is 19.1. The first kappa shape index (κ1) is 20.3. The van der Waals surface area contributed by atoms with Crippen LogP contribution < -0.4 is 15.4 Å². The van der Waals surface area contributed by atoms with Gasteiger partial charge in [-0.25, -0.2) is 19.4 Å². The number of benzene rings is 1. The van der Waals surface area contributed by atoms with Crippen molar-refractivity contribution in [1.82, 2.24) is 20.6 Å². The summed E-state index contributed by atoms with van der Waals surface area (Å²) in [7, 11) is 0. The van der Waals surface area contributed by atoms with Crippen LogP contribution >= 0.6 is 0 Å². The number of hydrogen-bond donors (Lipinski definition) is 2. The van der Waals surface area contributed by atoms with E-state index in [-0.39, 0.29) is 5.82 Å². The Morgan fingerprint density at radius 2 is 1.97 bits per heavy atom. The van der Waals surface area contributed by atoms with Gasteiger partial charge in [-0.2, -0.15) is 0 Å². The summed E-state index contributed by atoms with van der Waals surface area (Å²) in [6.07, 6.45) is 1.66. The maximum absolute atomic E-state index is 13.0. The van der Waals surface area contributed by atoms with Crippen molar-refractivity contribution in [2.45, 2.75) is 33.9 Å². The number of pyridine rings is 1. The Balaban J connectivity index is 1.63. The number of oxazole rings is 1. The first-order valence-electron chi connectivity index (χ1n) is 9.37. The fraction of sp³-hybridized carbons (Fsp3) is 0.286. The first-order valence-corrected chi connectivity index (χ1v) is 9.37. The number of aryl methyl sites for hydroxylation is 2. The summed E-state index contributed by atoms with van der Waals surface area (Å²) in [6, 6.07) is 9.47. The molecule has 152 valence electrons. The zero-order chi connectivity index (χ0) is 20.6. The van der Waals surface area contributed by atoms with Gasteiger partial charge in [0.25, 0.3) is 0 Å². The van der Waals surface area contributed by atoms with E-state index in [1.165, 1.54) is 12.1 Å². The maximum Gasteiger partial charge on any atom is 0.219 e. The van der Waals surface area contributed by atoms with Crippen molar-refractivity contribution in [3.8, 4) is 11.6 Å². The number of nitrogens with zero attached hydrogens (tertiary/aromatic N) is 3. The Labute approximate surface area is 169 Å². The Kier molecular flexibility index (Phi) is 6.78. The molecule has 0 saturated heterocycles. The largest absolute Gasteiger partial charge is 0.444 e. The van der Waals surface area contributed by atoms with E-state index in [2.05, 4.69) is 25.6 Å². The average molecular weight is 397 g/mol. The van der Waals surface area contributed by atoms with Crippen LogP contribution in [-0.4, -0.2) is 22.5 Å². The third-order valence-electron chi connectivity index (χ3n) is 4.08. The molecule has 2 N–H and O–H groups in total. The number of halogens is 1. The third kappa shape index (κ3) is 6.03. The molecule has 0 radical (unpaired) electrons. The van der Waals surface area contributed by atoms with Gasteiger partial charge in [-0.3, -0.25) is 0 Å². The van der Waals surface area contributed by atoms with Crippen LogP contribution in [0.3, 0.4) is 0 Å². The monoisotopic (exact) mass is 397 g/mol. The highest BCUT2D eigenvalue weighted by Crippen LogP contribution is 2.20. The number of ether oxygens (including phenoxy) is 1. The molecule has 1 aromatic carbocycles. The van der Waals surface area contributed by atoms with Crippen LogP contribution in [0, 0.1) is 19.7 Å². The number of aromatic nitrogens is 2. The predicted molar refractivity (Wildman–Crippen MR) is 108 cm³/mol. The molecule has 2 aromatic heterocycles. The van der Waals surface area contributed by atoms with Gasteiger partial charge >= 0.3 is 0 Å². The zero-order valence-corrected chi connectivity index (χ0v) is 16.7. The van der Waals surface area contributed by atoms with Crippen molar-refractivity contribution in [3.05, 3.63) is 71.3 Å². The molecule has 0 atom stereocenters. The van der Waals surface area contributed by atoms with Gasteiger partial charge in [0.15, 0.2) is 5.96 Å². The van der Waals surface area contributed by atoms with Crippen molar-refractivity contribution < 1.29 is 13.5 Å². The average Bonchev–Trinajstić information content (AvgIpc) is 3.04. The number of rotatable bonds is 7. The SMILES string of the molecule is CCNC(=NCc1ccnc(Oc2ccc(F)cc2)c1)NCc1nc(C)c(C)o1. The van der Waals surface area contributed by atoms with E-state index in [4.69, 9.17) is 9.15 Å². The Morgan fingerprint density at radius 1 is 1.17 bits per heavy atom. The van der Waals surface area contributed by atoms with Gasteiger partial charge in [0.05, 0.1) is 18.8 Å². The van der Waals surface area contributed by atoms with Gasteiger partial charge in [0, 0.05) is 18.8 Å². The Bertz CT molecular complexity index is 950. The molecule has 3 aromatic rings. The Morgan fingerprint density at radius 3 is 2.66 bits per heavy atom. The zero-order valence-electron chi connectivity index (χ0n) is 16.7. The second kappa shape index (κ2) is 9.68. The lowest BCUT2D eigenvalue weighted by atomic mass is 10.2. The van der Waals surface area contributed by atoms with E-state index in [0.29, 0.717) is 36.6 Å². The van der Waals surface area contributed by atoms with E-state index in [1.54, 1.807) is 24.4 Å². The molecule has 0 bridgehead atoms. The topological polar surface area (TPSA) is 84.6 Å². The molecule has 29 heavy (non-hydrogen) atoms. The summed E-state index contributed by atoms with van der Waals surface area (Å²) in [6.45, 7) is 7.40. The van der Waals surface area contributed by atoms with Crippen LogP contribution in [0.1, 0.15) is 29.8 Å². The molecule has 3 rings (SSSR count). The normalized spacial score (nSPS) is 11.4. The number of aliphatic imine (C=N–C) groups is 1. The molecule has 0 aliphatic carbocycles. The molecular formula is C21H24FN5O2. The van der Waals surface area contributed by atoms with Gasteiger partial charge in [0.1, 0.15) is 17.3 Å². The van der Waals surface area contributed by atoms with Crippen molar-refractivity contribution in [3.63, 3.8) is 0 Å². The quantitative estimate of drug-likeness (QED) is 0.465. The minimum atomic E-state index is -0.313. The summed E-state index contributed by atoms with van der Waals surface area (Å²) >= 11 is 0. The lowest BCUT2D eigenvalue weighted by molar-refractivity contribution is 0.460. The number of hydrogen-bond acceptors (Lipinski definition) is 5. The molecule has 2 heterocycles. The van der Waals surface area contributed by atoms with Crippen molar-refractivity contribution in [2.75, 3.05) is 6.54 Å². The van der Waals surface area contributed by atoms with E-state index in [1.807, 2.05) is 26.8 Å². The lowest BCUT2D eigenvalue weighted by Gasteiger charge is -2.10. The molecule has 0 amide bonds. The van der Waals surface area contributed by atoms with Gasteiger partial charge < -0.3 is 19.8 Å². The fourth-order valence-corrected chi connectivity index (χ4v) is 2.51. The summed E-state index contributed by atoms with van der Waals surface area (Å²) < 4.78 is 24.3. The lowest BCUT2D eigenvalue weighted by Crippen LogP contribution is -2.36. The van der Waals surface area contributed by atoms with E-state index < -0.39 is 0 Å². The minimum absolute atomic E-state index is 0.313. The van der Waals surface area contributed by atoms with Gasteiger partial charge in [-0.15, -0.1) is 0 Å². The highest BCUT2D eigenvalue weighted by Gasteiger charge is 2.07. The van der Waals surface area contributed by atoms with Crippen LogP contribution in [0.5, 0.6) is 11.6 Å². The summed E-state index contributed by atoms with van der Waals surface area (Å²) in [5.41, 5.74) is 1.81. The van der Waals surface area contributed by atoms with Gasteiger partial charge in [-0.1, -0.05) is 0 Å². The fourth-order valence-electron chi connectivity index (χ4n) is 2.51. The van der Waals surface area contributed by atoms with Gasteiger partial charge in [-0.05, 0) is 56.7 Å². The standard InChI is InChI=1S/C21H24FN5O2/c1-4-23-21(26-13-20-27-14(2)15(3)28-20)25-12-16-9-10-24-19(11-16)29-18-7-5-17(22)6-8-18/h5-11H,4,12-13H2,1-3H3,(H2,23,25,26). The van der Waals surface area contributed by atoms with Crippen LogP contribution in [0.4, 0.5) is 4.39 Å². The highest BCUT2D eigenvalue weighted by molar-refractivity contribution is 5.79. The molecular weight excluding hydrogens is 373 g/mol. The second-order valence-electron chi connectivity index (χ2n) is 6.36. The number of nitrogens with one attached hydrogen (secondary N) is 2. The summed E-state index contributed by atoms with van der Waals surface area (Å²) in [4.78, 5) is 13.1. The summed E-state index contributed by atoms with van der Waals surface area (Å²) in [5.74, 6) is 2.71.